The number of rotatable bonds is 2. The lowest BCUT2D eigenvalue weighted by Gasteiger charge is -2.44. The Balaban J connectivity index is 2.46. The summed E-state index contributed by atoms with van der Waals surface area (Å²) in [7, 11) is 0. The molecule has 18 heavy (non-hydrogen) atoms. The van der Waals surface area contributed by atoms with Crippen molar-refractivity contribution in [3.05, 3.63) is 34.9 Å². The number of hydrogen-bond donors (Lipinski definition) is 0. The Bertz CT molecular complexity index is 487. The topological polar surface area (TPSA) is 0 Å². The molecule has 0 aliphatic heterocycles. The molecule has 0 radical (unpaired) electrons. The van der Waals surface area contributed by atoms with Crippen molar-refractivity contribution in [2.45, 2.75) is 58.8 Å². The monoisotopic (exact) mass is 240 g/mol. The summed E-state index contributed by atoms with van der Waals surface area (Å²) in [6.45, 7) is 9.45. The van der Waals surface area contributed by atoms with Crippen LogP contribution in [0.25, 0.3) is 0 Å². The summed E-state index contributed by atoms with van der Waals surface area (Å²) in [5.41, 5.74) is 4.67. The molecule has 0 N–H and O–H groups in total. The summed E-state index contributed by atoms with van der Waals surface area (Å²) in [5, 5.41) is 0. The fourth-order valence-corrected chi connectivity index (χ4v) is 3.92. The molecule has 0 heterocycles. The lowest BCUT2D eigenvalue weighted by atomic mass is 9.60. The van der Waals surface area contributed by atoms with E-state index in [-0.39, 0.29) is 5.41 Å². The van der Waals surface area contributed by atoms with Crippen LogP contribution in [0.4, 0.5) is 0 Å². The van der Waals surface area contributed by atoms with E-state index in [9.17, 15) is 0 Å². The van der Waals surface area contributed by atoms with E-state index in [4.69, 9.17) is 6.42 Å². The van der Waals surface area contributed by atoms with Gasteiger partial charge in [-0.15, -0.1) is 6.42 Å². The average molecular weight is 240 g/mol. The molecule has 1 aromatic rings. The smallest absolute Gasteiger partial charge is 0.0245 e. The molecule has 0 amide bonds. The first-order valence-electron chi connectivity index (χ1n) is 7.00. The molecule has 1 aliphatic carbocycles. The van der Waals surface area contributed by atoms with Gasteiger partial charge in [0.25, 0.3) is 0 Å². The first-order chi connectivity index (χ1) is 8.40. The predicted octanol–water partition coefficient (Wildman–Crippen LogP) is 4.70. The van der Waals surface area contributed by atoms with Crippen LogP contribution in [-0.4, -0.2) is 0 Å². The fourth-order valence-electron chi connectivity index (χ4n) is 3.92. The van der Waals surface area contributed by atoms with Gasteiger partial charge in [-0.25, -0.2) is 0 Å². The zero-order chi connectivity index (χ0) is 13.4. The molecule has 96 valence electrons. The molecule has 0 heteroatoms. The van der Waals surface area contributed by atoms with Crippen molar-refractivity contribution in [2.24, 2.45) is 5.41 Å². The average Bonchev–Trinajstić information content (AvgIpc) is 2.27. The Labute approximate surface area is 112 Å². The molecule has 0 fully saturated rings. The predicted molar refractivity (Wildman–Crippen MR) is 78.7 cm³/mol. The maximum atomic E-state index is 5.52. The van der Waals surface area contributed by atoms with Crippen molar-refractivity contribution in [2.75, 3.05) is 0 Å². The van der Waals surface area contributed by atoms with Crippen molar-refractivity contribution < 1.29 is 0 Å². The second-order valence-electron chi connectivity index (χ2n) is 6.81. The van der Waals surface area contributed by atoms with Gasteiger partial charge in [0.05, 0.1) is 0 Å². The summed E-state index contributed by atoms with van der Waals surface area (Å²) in [5.74, 6) is 2.76. The molecular formula is C18H24. The normalized spacial score (nSPS) is 25.3. The molecule has 0 aromatic heterocycles. The van der Waals surface area contributed by atoms with Crippen molar-refractivity contribution in [3.63, 3.8) is 0 Å². The van der Waals surface area contributed by atoms with Crippen LogP contribution in [-0.2, 0) is 11.8 Å². The standard InChI is InChI=1S/C18H24/c1-6-10-18(5)12-15-9-8-14(7-2)11-16(15)17(3,4)13-18/h2,8-9,11H,6,10,12-13H2,1,3-5H3. The Kier molecular flexibility index (Phi) is 3.28. The highest BCUT2D eigenvalue weighted by atomic mass is 14.4. The van der Waals surface area contributed by atoms with Gasteiger partial charge in [0.15, 0.2) is 0 Å². The highest BCUT2D eigenvalue weighted by molar-refractivity contribution is 5.45. The first-order valence-corrected chi connectivity index (χ1v) is 7.00. The molecule has 0 spiro atoms. The van der Waals surface area contributed by atoms with Crippen LogP contribution in [0.2, 0.25) is 0 Å². The van der Waals surface area contributed by atoms with E-state index >= 15 is 0 Å². The molecule has 1 unspecified atom stereocenters. The van der Waals surface area contributed by atoms with Gasteiger partial charge in [0.1, 0.15) is 0 Å². The van der Waals surface area contributed by atoms with Crippen LogP contribution >= 0.6 is 0 Å². The highest BCUT2D eigenvalue weighted by Crippen LogP contribution is 2.48. The van der Waals surface area contributed by atoms with Crippen LogP contribution in [0.5, 0.6) is 0 Å². The maximum Gasteiger partial charge on any atom is 0.0245 e. The molecular weight excluding hydrogens is 216 g/mol. The van der Waals surface area contributed by atoms with Gasteiger partial charge >= 0.3 is 0 Å². The molecule has 0 saturated carbocycles. The van der Waals surface area contributed by atoms with Gasteiger partial charge in [0, 0.05) is 5.56 Å². The third-order valence-corrected chi connectivity index (χ3v) is 4.35. The Hall–Kier alpha value is -1.22. The molecule has 2 rings (SSSR count). The minimum Gasteiger partial charge on any atom is -0.115 e. The van der Waals surface area contributed by atoms with E-state index in [1.807, 2.05) is 0 Å². The van der Waals surface area contributed by atoms with Crippen molar-refractivity contribution in [3.8, 4) is 12.3 Å². The minimum absolute atomic E-state index is 0.240. The fraction of sp³-hybridized carbons (Fsp3) is 0.556. The van der Waals surface area contributed by atoms with E-state index in [1.165, 1.54) is 36.8 Å². The van der Waals surface area contributed by atoms with Gasteiger partial charge in [-0.3, -0.25) is 0 Å². The summed E-state index contributed by atoms with van der Waals surface area (Å²) < 4.78 is 0. The number of benzene rings is 1. The Morgan fingerprint density at radius 2 is 2.00 bits per heavy atom. The second kappa shape index (κ2) is 4.47. The van der Waals surface area contributed by atoms with E-state index < -0.39 is 0 Å². The van der Waals surface area contributed by atoms with Crippen LogP contribution in [0, 0.1) is 17.8 Å². The third-order valence-electron chi connectivity index (χ3n) is 4.35. The van der Waals surface area contributed by atoms with Crippen LogP contribution in [0.15, 0.2) is 18.2 Å². The van der Waals surface area contributed by atoms with Crippen LogP contribution in [0.3, 0.4) is 0 Å². The summed E-state index contributed by atoms with van der Waals surface area (Å²) >= 11 is 0. The second-order valence-corrected chi connectivity index (χ2v) is 6.81. The lowest BCUT2D eigenvalue weighted by Crippen LogP contribution is -2.36. The van der Waals surface area contributed by atoms with Crippen LogP contribution < -0.4 is 0 Å². The first kappa shape index (κ1) is 13.2. The van der Waals surface area contributed by atoms with Crippen molar-refractivity contribution >= 4 is 0 Å². The Morgan fingerprint density at radius 3 is 2.61 bits per heavy atom. The van der Waals surface area contributed by atoms with Crippen LogP contribution in [0.1, 0.15) is 63.6 Å². The van der Waals surface area contributed by atoms with Crippen molar-refractivity contribution in [1.29, 1.82) is 0 Å². The van der Waals surface area contributed by atoms with E-state index in [0.717, 1.165) is 5.56 Å². The zero-order valence-corrected chi connectivity index (χ0v) is 12.1. The molecule has 1 atom stereocenters. The molecule has 0 saturated heterocycles. The van der Waals surface area contributed by atoms with E-state index in [2.05, 4.69) is 51.8 Å². The summed E-state index contributed by atoms with van der Waals surface area (Å²) in [6.07, 6.45) is 10.6. The molecule has 1 aliphatic rings. The van der Waals surface area contributed by atoms with E-state index in [1.54, 1.807) is 0 Å². The molecule has 1 aromatic carbocycles. The van der Waals surface area contributed by atoms with Gasteiger partial charge in [-0.2, -0.15) is 0 Å². The summed E-state index contributed by atoms with van der Waals surface area (Å²) in [4.78, 5) is 0. The summed E-state index contributed by atoms with van der Waals surface area (Å²) in [6, 6.07) is 6.56. The van der Waals surface area contributed by atoms with Gasteiger partial charge < -0.3 is 0 Å². The SMILES string of the molecule is C#Cc1ccc2c(c1)C(C)(C)CC(C)(CCC)C2. The van der Waals surface area contributed by atoms with E-state index in [0.29, 0.717) is 5.41 Å². The number of fused-ring (bicyclic) bond motifs is 1. The highest BCUT2D eigenvalue weighted by Gasteiger charge is 2.39. The molecule has 0 bridgehead atoms. The maximum absolute atomic E-state index is 5.52. The lowest BCUT2D eigenvalue weighted by molar-refractivity contribution is 0.189. The number of hydrogen-bond acceptors (Lipinski definition) is 0. The third kappa shape index (κ3) is 2.32. The Morgan fingerprint density at radius 1 is 1.28 bits per heavy atom. The quantitative estimate of drug-likeness (QED) is 0.657. The largest absolute Gasteiger partial charge is 0.115 e. The van der Waals surface area contributed by atoms with Gasteiger partial charge in [0.2, 0.25) is 0 Å². The van der Waals surface area contributed by atoms with Gasteiger partial charge in [-0.05, 0) is 53.4 Å². The minimum atomic E-state index is 0.240. The number of terminal acetylenes is 1. The molecule has 0 nitrogen and oxygen atoms in total. The van der Waals surface area contributed by atoms with Gasteiger partial charge in [-0.1, -0.05) is 46.1 Å². The van der Waals surface area contributed by atoms with Crippen molar-refractivity contribution in [1.82, 2.24) is 0 Å². The zero-order valence-electron chi connectivity index (χ0n) is 12.1.